The zero-order valence-corrected chi connectivity index (χ0v) is 14.1. The molecule has 0 aliphatic heterocycles. The van der Waals surface area contributed by atoms with Gasteiger partial charge in [0.25, 0.3) is 5.91 Å². The molecule has 0 atom stereocenters. The standard InChI is InChI=1S/C17H18ClN3O3/c1-3-24-14-8-5-12(6-9-14)16(22)20-21-17(23)19-13-7-4-11(2)15(18)10-13/h4-10H,3H2,1-2H3,(H,20,22)(H2,19,21,23). The first-order chi connectivity index (χ1) is 11.5. The van der Waals surface area contributed by atoms with Gasteiger partial charge in [-0.15, -0.1) is 0 Å². The Bertz CT molecular complexity index is 732. The topological polar surface area (TPSA) is 79.5 Å². The van der Waals surface area contributed by atoms with E-state index in [1.54, 1.807) is 42.5 Å². The van der Waals surface area contributed by atoms with Crippen LogP contribution in [0.2, 0.25) is 5.02 Å². The maximum Gasteiger partial charge on any atom is 0.337 e. The second-order valence-electron chi connectivity index (χ2n) is 4.95. The van der Waals surface area contributed by atoms with Gasteiger partial charge in [0.1, 0.15) is 5.75 Å². The van der Waals surface area contributed by atoms with E-state index < -0.39 is 11.9 Å². The highest BCUT2D eigenvalue weighted by molar-refractivity contribution is 6.31. The lowest BCUT2D eigenvalue weighted by molar-refractivity contribution is 0.0938. The smallest absolute Gasteiger partial charge is 0.337 e. The third-order valence-electron chi connectivity index (χ3n) is 3.15. The number of urea groups is 1. The van der Waals surface area contributed by atoms with Crippen molar-refractivity contribution in [2.75, 3.05) is 11.9 Å². The Morgan fingerprint density at radius 2 is 1.79 bits per heavy atom. The number of hydrogen-bond acceptors (Lipinski definition) is 3. The van der Waals surface area contributed by atoms with Gasteiger partial charge in [0, 0.05) is 16.3 Å². The molecule has 0 heterocycles. The number of hydrogen-bond donors (Lipinski definition) is 3. The Morgan fingerprint density at radius 3 is 2.42 bits per heavy atom. The van der Waals surface area contributed by atoms with Crippen LogP contribution in [-0.2, 0) is 0 Å². The van der Waals surface area contributed by atoms with Gasteiger partial charge in [0.05, 0.1) is 6.61 Å². The zero-order chi connectivity index (χ0) is 17.5. The van der Waals surface area contributed by atoms with Crippen molar-refractivity contribution in [3.63, 3.8) is 0 Å². The summed E-state index contributed by atoms with van der Waals surface area (Å²) >= 11 is 5.99. The summed E-state index contributed by atoms with van der Waals surface area (Å²) in [4.78, 5) is 23.7. The molecule has 0 aromatic heterocycles. The quantitative estimate of drug-likeness (QED) is 0.740. The highest BCUT2D eigenvalue weighted by Crippen LogP contribution is 2.19. The van der Waals surface area contributed by atoms with E-state index in [-0.39, 0.29) is 0 Å². The summed E-state index contributed by atoms with van der Waals surface area (Å²) in [5.74, 6) is 0.242. The minimum absolute atomic E-state index is 0.400. The van der Waals surface area contributed by atoms with Crippen molar-refractivity contribution < 1.29 is 14.3 Å². The summed E-state index contributed by atoms with van der Waals surface area (Å²) in [5.41, 5.74) is 6.44. The highest BCUT2D eigenvalue weighted by Gasteiger charge is 2.08. The molecule has 0 radical (unpaired) electrons. The number of amides is 3. The van der Waals surface area contributed by atoms with Gasteiger partial charge in [-0.1, -0.05) is 17.7 Å². The van der Waals surface area contributed by atoms with Crippen LogP contribution in [0.15, 0.2) is 42.5 Å². The summed E-state index contributed by atoms with van der Waals surface area (Å²) in [6.45, 7) is 4.30. The summed E-state index contributed by atoms with van der Waals surface area (Å²) in [6.07, 6.45) is 0. The molecule has 2 aromatic carbocycles. The summed E-state index contributed by atoms with van der Waals surface area (Å²) in [6, 6.07) is 11.2. The maximum absolute atomic E-state index is 12.0. The minimum atomic E-state index is -0.575. The van der Waals surface area contributed by atoms with Gasteiger partial charge in [-0.2, -0.15) is 0 Å². The molecule has 2 aromatic rings. The molecule has 3 amide bonds. The minimum Gasteiger partial charge on any atom is -0.494 e. The molecule has 7 heteroatoms. The molecule has 0 aliphatic carbocycles. The number of benzene rings is 2. The second kappa shape index (κ2) is 8.21. The van der Waals surface area contributed by atoms with E-state index in [1.807, 2.05) is 13.8 Å². The number of carbonyl (C=O) groups is 2. The van der Waals surface area contributed by atoms with Crippen molar-refractivity contribution in [3.05, 3.63) is 58.6 Å². The Kier molecular flexibility index (Phi) is 6.03. The molecule has 0 bridgehead atoms. The first-order valence-electron chi connectivity index (χ1n) is 7.36. The molecule has 0 unspecified atom stereocenters. The number of nitrogens with one attached hydrogen (secondary N) is 3. The van der Waals surface area contributed by atoms with Crippen LogP contribution in [0.1, 0.15) is 22.8 Å². The van der Waals surface area contributed by atoms with Gasteiger partial charge in [-0.25, -0.2) is 10.2 Å². The van der Waals surface area contributed by atoms with Crippen LogP contribution in [0.25, 0.3) is 0 Å². The van der Waals surface area contributed by atoms with Crippen LogP contribution in [-0.4, -0.2) is 18.5 Å². The van der Waals surface area contributed by atoms with Crippen LogP contribution < -0.4 is 20.9 Å². The van der Waals surface area contributed by atoms with Crippen LogP contribution in [0, 0.1) is 6.92 Å². The maximum atomic E-state index is 12.0. The molecule has 3 N–H and O–H groups in total. The van der Waals surface area contributed by atoms with Gasteiger partial charge in [0.2, 0.25) is 0 Å². The van der Waals surface area contributed by atoms with E-state index in [0.29, 0.717) is 28.6 Å². The summed E-state index contributed by atoms with van der Waals surface area (Å²) in [5, 5.41) is 3.12. The average molecular weight is 348 g/mol. The fourth-order valence-corrected chi connectivity index (χ4v) is 2.07. The van der Waals surface area contributed by atoms with E-state index in [4.69, 9.17) is 16.3 Å². The Morgan fingerprint density at radius 1 is 1.08 bits per heavy atom. The summed E-state index contributed by atoms with van der Waals surface area (Å²) < 4.78 is 5.30. The van der Waals surface area contributed by atoms with Crippen LogP contribution in [0.4, 0.5) is 10.5 Å². The lowest BCUT2D eigenvalue weighted by Gasteiger charge is -2.10. The van der Waals surface area contributed by atoms with Gasteiger partial charge in [-0.05, 0) is 55.8 Å². The molecule has 0 aliphatic rings. The van der Waals surface area contributed by atoms with Crippen molar-refractivity contribution in [1.82, 2.24) is 10.9 Å². The van der Waals surface area contributed by atoms with Gasteiger partial charge >= 0.3 is 6.03 Å². The number of anilines is 1. The van der Waals surface area contributed by atoms with Gasteiger partial charge in [0.15, 0.2) is 0 Å². The highest BCUT2D eigenvalue weighted by atomic mass is 35.5. The fraction of sp³-hybridized carbons (Fsp3) is 0.176. The molecule has 0 fully saturated rings. The lowest BCUT2D eigenvalue weighted by Crippen LogP contribution is -2.43. The third kappa shape index (κ3) is 4.89. The Hall–Kier alpha value is -2.73. The van der Waals surface area contributed by atoms with Gasteiger partial charge in [-0.3, -0.25) is 10.2 Å². The average Bonchev–Trinajstić information content (AvgIpc) is 2.57. The van der Waals surface area contributed by atoms with Gasteiger partial charge < -0.3 is 10.1 Å². The molecule has 6 nitrogen and oxygen atoms in total. The zero-order valence-electron chi connectivity index (χ0n) is 13.4. The molecular weight excluding hydrogens is 330 g/mol. The predicted octanol–water partition coefficient (Wildman–Crippen LogP) is 3.51. The molecule has 0 saturated heterocycles. The first-order valence-corrected chi connectivity index (χ1v) is 7.73. The molecular formula is C17H18ClN3O3. The van der Waals surface area contributed by atoms with E-state index >= 15 is 0 Å². The molecule has 126 valence electrons. The van der Waals surface area contributed by atoms with Crippen LogP contribution >= 0.6 is 11.6 Å². The largest absolute Gasteiger partial charge is 0.494 e. The summed E-state index contributed by atoms with van der Waals surface area (Å²) in [7, 11) is 0. The number of carbonyl (C=O) groups excluding carboxylic acids is 2. The number of halogens is 1. The van der Waals surface area contributed by atoms with Crippen molar-refractivity contribution >= 4 is 29.2 Å². The monoisotopic (exact) mass is 347 g/mol. The van der Waals surface area contributed by atoms with E-state index in [9.17, 15) is 9.59 Å². The number of aryl methyl sites for hydroxylation is 1. The first kappa shape index (κ1) is 17.6. The van der Waals surface area contributed by atoms with E-state index in [0.717, 1.165) is 5.56 Å². The van der Waals surface area contributed by atoms with Crippen molar-refractivity contribution in [2.45, 2.75) is 13.8 Å². The van der Waals surface area contributed by atoms with Crippen molar-refractivity contribution in [3.8, 4) is 5.75 Å². The fourth-order valence-electron chi connectivity index (χ4n) is 1.89. The van der Waals surface area contributed by atoms with Crippen LogP contribution in [0.5, 0.6) is 5.75 Å². The number of hydrazine groups is 1. The number of ether oxygens (including phenoxy) is 1. The van der Waals surface area contributed by atoms with Crippen molar-refractivity contribution in [2.24, 2.45) is 0 Å². The van der Waals surface area contributed by atoms with E-state index in [2.05, 4.69) is 16.2 Å². The normalized spacial score (nSPS) is 9.96. The lowest BCUT2D eigenvalue weighted by atomic mass is 10.2. The molecule has 24 heavy (non-hydrogen) atoms. The second-order valence-corrected chi connectivity index (χ2v) is 5.36. The third-order valence-corrected chi connectivity index (χ3v) is 3.55. The molecule has 0 saturated carbocycles. The van der Waals surface area contributed by atoms with Crippen molar-refractivity contribution in [1.29, 1.82) is 0 Å². The Balaban J connectivity index is 1.86. The Labute approximate surface area is 145 Å². The predicted molar refractivity (Wildman–Crippen MR) is 93.4 cm³/mol. The van der Waals surface area contributed by atoms with Crippen LogP contribution in [0.3, 0.4) is 0 Å². The molecule has 0 spiro atoms. The number of rotatable bonds is 4. The van der Waals surface area contributed by atoms with E-state index in [1.165, 1.54) is 0 Å². The molecule has 2 rings (SSSR count). The SMILES string of the molecule is CCOc1ccc(C(=O)NNC(=O)Nc2ccc(C)c(Cl)c2)cc1.